The zero-order valence-electron chi connectivity index (χ0n) is 18.3. The van der Waals surface area contributed by atoms with E-state index in [2.05, 4.69) is 43.1 Å². The smallest absolute Gasteiger partial charge is 0.137 e. The second kappa shape index (κ2) is 14.1. The monoisotopic (exact) mass is 399 g/mol. The summed E-state index contributed by atoms with van der Waals surface area (Å²) in [6.45, 7) is 4.43. The summed E-state index contributed by atoms with van der Waals surface area (Å²) in [4.78, 5) is 4.48. The van der Waals surface area contributed by atoms with E-state index in [0.29, 0.717) is 12.2 Å². The van der Waals surface area contributed by atoms with Gasteiger partial charge in [0.15, 0.2) is 0 Å². The van der Waals surface area contributed by atoms with E-state index in [4.69, 9.17) is 4.74 Å². The van der Waals surface area contributed by atoms with Crippen LogP contribution in [0.25, 0.3) is 11.3 Å². The molecule has 1 heterocycles. The molecule has 1 aromatic heterocycles. The van der Waals surface area contributed by atoms with Crippen LogP contribution in [0.3, 0.4) is 0 Å². The molecular formula is C26H38FNO. The standard InChI is InChI=1S/C26H38FNO/c1-3-5-7-8-9-10-11-12-22-14-16-23(17-15-22)26-19-18-25(20-28-26)29-21-24(27)13-6-4-2/h14-20,24H,3-13,21H2,1-2H3. The quantitative estimate of drug-likeness (QED) is 0.283. The van der Waals surface area contributed by atoms with Crippen LogP contribution in [0.2, 0.25) is 0 Å². The van der Waals surface area contributed by atoms with E-state index in [1.54, 1.807) is 6.20 Å². The maximum atomic E-state index is 13.7. The number of pyridine rings is 1. The van der Waals surface area contributed by atoms with Crippen LogP contribution in [0.4, 0.5) is 4.39 Å². The Hall–Kier alpha value is -1.90. The largest absolute Gasteiger partial charge is 0.489 e. The molecule has 2 aromatic rings. The molecule has 0 aliphatic rings. The van der Waals surface area contributed by atoms with E-state index in [1.807, 2.05) is 12.1 Å². The molecule has 0 N–H and O–H groups in total. The van der Waals surface area contributed by atoms with Gasteiger partial charge in [0, 0.05) is 5.56 Å². The Balaban J connectivity index is 1.73. The molecule has 1 atom stereocenters. The number of hydrogen-bond acceptors (Lipinski definition) is 2. The maximum Gasteiger partial charge on any atom is 0.137 e. The van der Waals surface area contributed by atoms with E-state index in [1.165, 1.54) is 50.5 Å². The van der Waals surface area contributed by atoms with E-state index < -0.39 is 6.17 Å². The number of benzene rings is 1. The van der Waals surface area contributed by atoms with Crippen LogP contribution in [0.5, 0.6) is 5.75 Å². The molecule has 0 spiro atoms. The first-order chi connectivity index (χ1) is 14.2. The zero-order chi connectivity index (χ0) is 20.7. The molecule has 2 rings (SSSR count). The van der Waals surface area contributed by atoms with Crippen molar-refractivity contribution in [3.8, 4) is 17.0 Å². The van der Waals surface area contributed by atoms with Gasteiger partial charge in [-0.3, -0.25) is 4.98 Å². The summed E-state index contributed by atoms with van der Waals surface area (Å²) in [6, 6.07) is 12.5. The molecule has 0 radical (unpaired) electrons. The number of hydrogen-bond donors (Lipinski definition) is 0. The number of unbranched alkanes of at least 4 members (excludes halogenated alkanes) is 7. The Labute approximate surface area is 176 Å². The maximum absolute atomic E-state index is 13.7. The van der Waals surface area contributed by atoms with Crippen molar-refractivity contribution in [3.63, 3.8) is 0 Å². The van der Waals surface area contributed by atoms with Gasteiger partial charge in [-0.25, -0.2) is 4.39 Å². The summed E-state index contributed by atoms with van der Waals surface area (Å²) in [6.07, 6.45) is 13.8. The summed E-state index contributed by atoms with van der Waals surface area (Å²) in [7, 11) is 0. The predicted molar refractivity (Wildman–Crippen MR) is 121 cm³/mol. The van der Waals surface area contributed by atoms with Gasteiger partial charge in [-0.05, 0) is 37.0 Å². The van der Waals surface area contributed by atoms with E-state index in [0.717, 1.165) is 30.5 Å². The van der Waals surface area contributed by atoms with Crippen molar-refractivity contribution in [2.45, 2.75) is 90.6 Å². The van der Waals surface area contributed by atoms with E-state index >= 15 is 0 Å². The van der Waals surface area contributed by atoms with Gasteiger partial charge in [0.1, 0.15) is 18.5 Å². The van der Waals surface area contributed by atoms with E-state index in [-0.39, 0.29) is 6.61 Å². The molecule has 0 saturated heterocycles. The van der Waals surface area contributed by atoms with E-state index in [9.17, 15) is 4.39 Å². The fourth-order valence-corrected chi connectivity index (χ4v) is 3.46. The highest BCUT2D eigenvalue weighted by Crippen LogP contribution is 2.21. The third-order valence-corrected chi connectivity index (χ3v) is 5.36. The highest BCUT2D eigenvalue weighted by molar-refractivity contribution is 5.59. The van der Waals surface area contributed by atoms with Crippen LogP contribution in [0.15, 0.2) is 42.6 Å². The van der Waals surface area contributed by atoms with Crippen LogP contribution < -0.4 is 4.74 Å². The Morgan fingerprint density at radius 3 is 2.17 bits per heavy atom. The molecule has 29 heavy (non-hydrogen) atoms. The van der Waals surface area contributed by atoms with Crippen molar-refractivity contribution in [1.82, 2.24) is 4.98 Å². The van der Waals surface area contributed by atoms with Crippen molar-refractivity contribution >= 4 is 0 Å². The van der Waals surface area contributed by atoms with Crippen LogP contribution >= 0.6 is 0 Å². The highest BCUT2D eigenvalue weighted by Gasteiger charge is 2.07. The molecule has 160 valence electrons. The lowest BCUT2D eigenvalue weighted by Crippen LogP contribution is -2.12. The second-order valence-corrected chi connectivity index (χ2v) is 8.00. The topological polar surface area (TPSA) is 22.1 Å². The normalized spacial score (nSPS) is 12.1. The Morgan fingerprint density at radius 1 is 0.828 bits per heavy atom. The molecule has 2 nitrogen and oxygen atoms in total. The number of aromatic nitrogens is 1. The number of nitrogens with zero attached hydrogens (tertiary/aromatic N) is 1. The minimum atomic E-state index is -0.904. The van der Waals surface area contributed by atoms with Gasteiger partial charge < -0.3 is 4.74 Å². The third-order valence-electron chi connectivity index (χ3n) is 5.36. The Bertz CT molecular complexity index is 653. The van der Waals surface area contributed by atoms with Crippen LogP contribution in [0.1, 0.15) is 83.6 Å². The molecule has 0 aliphatic heterocycles. The number of halogens is 1. The lowest BCUT2D eigenvalue weighted by atomic mass is 10.0. The SMILES string of the molecule is CCCCCCCCCc1ccc(-c2ccc(OCC(F)CCCC)cn2)cc1. The van der Waals surface area contributed by atoms with Crippen molar-refractivity contribution in [2.75, 3.05) is 6.61 Å². The molecule has 0 amide bonds. The summed E-state index contributed by atoms with van der Waals surface area (Å²) in [5.74, 6) is 0.628. The lowest BCUT2D eigenvalue weighted by Gasteiger charge is -2.10. The van der Waals surface area contributed by atoms with Gasteiger partial charge in [-0.1, -0.05) is 89.5 Å². The van der Waals surface area contributed by atoms with Crippen LogP contribution in [-0.2, 0) is 6.42 Å². The number of ether oxygens (including phenoxy) is 1. The first-order valence-corrected chi connectivity index (χ1v) is 11.5. The number of rotatable bonds is 15. The molecule has 0 saturated carbocycles. The summed E-state index contributed by atoms with van der Waals surface area (Å²) < 4.78 is 19.2. The molecule has 0 fully saturated rings. The predicted octanol–water partition coefficient (Wildman–Crippen LogP) is 7.95. The molecule has 1 aromatic carbocycles. The molecule has 1 unspecified atom stereocenters. The minimum absolute atomic E-state index is 0.105. The number of aryl methyl sites for hydroxylation is 1. The highest BCUT2D eigenvalue weighted by atomic mass is 19.1. The second-order valence-electron chi connectivity index (χ2n) is 8.00. The lowest BCUT2D eigenvalue weighted by molar-refractivity contribution is 0.184. The van der Waals surface area contributed by atoms with Gasteiger partial charge in [0.05, 0.1) is 11.9 Å². The molecule has 0 aliphatic carbocycles. The summed E-state index contributed by atoms with van der Waals surface area (Å²) in [5.41, 5.74) is 3.41. The first kappa shape index (κ1) is 23.4. The third kappa shape index (κ3) is 9.43. The van der Waals surface area contributed by atoms with Crippen molar-refractivity contribution in [3.05, 3.63) is 48.2 Å². The first-order valence-electron chi connectivity index (χ1n) is 11.5. The fourth-order valence-electron chi connectivity index (χ4n) is 3.46. The van der Waals surface area contributed by atoms with Crippen molar-refractivity contribution in [1.29, 1.82) is 0 Å². The van der Waals surface area contributed by atoms with Gasteiger partial charge in [-0.15, -0.1) is 0 Å². The summed E-state index contributed by atoms with van der Waals surface area (Å²) in [5, 5.41) is 0. The molecule has 0 bridgehead atoms. The molecule has 3 heteroatoms. The van der Waals surface area contributed by atoms with Crippen molar-refractivity contribution < 1.29 is 9.13 Å². The molecular weight excluding hydrogens is 361 g/mol. The van der Waals surface area contributed by atoms with Crippen LogP contribution in [0, 0.1) is 0 Å². The van der Waals surface area contributed by atoms with Gasteiger partial charge >= 0.3 is 0 Å². The Kier molecular flexibility index (Phi) is 11.4. The number of alkyl halides is 1. The fraction of sp³-hybridized carbons (Fsp3) is 0.577. The zero-order valence-corrected chi connectivity index (χ0v) is 18.3. The van der Waals surface area contributed by atoms with Crippen LogP contribution in [-0.4, -0.2) is 17.8 Å². The average Bonchev–Trinajstić information content (AvgIpc) is 2.76. The Morgan fingerprint density at radius 2 is 1.52 bits per heavy atom. The van der Waals surface area contributed by atoms with Gasteiger partial charge in [0.2, 0.25) is 0 Å². The van der Waals surface area contributed by atoms with Gasteiger partial charge in [-0.2, -0.15) is 0 Å². The summed E-state index contributed by atoms with van der Waals surface area (Å²) >= 11 is 0. The van der Waals surface area contributed by atoms with Gasteiger partial charge in [0.25, 0.3) is 0 Å². The minimum Gasteiger partial charge on any atom is -0.489 e. The average molecular weight is 400 g/mol. The van der Waals surface area contributed by atoms with Crippen molar-refractivity contribution in [2.24, 2.45) is 0 Å².